The van der Waals surface area contributed by atoms with E-state index in [0.717, 1.165) is 6.42 Å². The van der Waals surface area contributed by atoms with Crippen LogP contribution in [0.3, 0.4) is 0 Å². The van der Waals surface area contributed by atoms with Crippen molar-refractivity contribution in [3.8, 4) is 0 Å². The summed E-state index contributed by atoms with van der Waals surface area (Å²) in [6.07, 6.45) is 0.800. The second-order valence-corrected chi connectivity index (χ2v) is 3.98. The van der Waals surface area contributed by atoms with Crippen molar-refractivity contribution in [1.82, 2.24) is 4.90 Å². The van der Waals surface area contributed by atoms with E-state index < -0.39 is 5.97 Å². The number of hydrogen-bond donors (Lipinski definition) is 1. The van der Waals surface area contributed by atoms with E-state index in [0.29, 0.717) is 6.54 Å². The Bertz CT molecular complexity index is 241. The molecule has 0 heterocycles. The summed E-state index contributed by atoms with van der Waals surface area (Å²) >= 11 is 0. The lowest BCUT2D eigenvalue weighted by molar-refractivity contribution is -0.148. The van der Waals surface area contributed by atoms with Gasteiger partial charge in [-0.15, -0.1) is 0 Å². The van der Waals surface area contributed by atoms with Gasteiger partial charge in [0.2, 0.25) is 5.91 Å². The molecule has 5 nitrogen and oxygen atoms in total. The molecule has 0 fully saturated rings. The summed E-state index contributed by atoms with van der Waals surface area (Å²) in [7, 11) is 1.31. The fraction of sp³-hybridized carbons (Fsp3) is 0.818. The number of hydrogen-bond acceptors (Lipinski definition) is 4. The lowest BCUT2D eigenvalue weighted by Gasteiger charge is -2.25. The van der Waals surface area contributed by atoms with Crippen LogP contribution in [0.25, 0.3) is 0 Å². The number of carbonyl (C=O) groups excluding carboxylic acids is 2. The molecule has 0 radical (unpaired) electrons. The van der Waals surface area contributed by atoms with Crippen LogP contribution in [0.1, 0.15) is 27.2 Å². The maximum Gasteiger partial charge on any atom is 0.325 e. The molecule has 0 aromatic carbocycles. The zero-order chi connectivity index (χ0) is 12.7. The maximum absolute atomic E-state index is 12.0. The zero-order valence-electron chi connectivity index (χ0n) is 10.5. The molecule has 16 heavy (non-hydrogen) atoms. The number of nitrogens with two attached hydrogens (primary N) is 1. The normalized spacial score (nSPS) is 14.1. The van der Waals surface area contributed by atoms with Crippen LogP contribution in [-0.2, 0) is 14.3 Å². The molecule has 2 N–H and O–H groups in total. The first kappa shape index (κ1) is 14.9. The summed E-state index contributed by atoms with van der Waals surface area (Å²) in [4.78, 5) is 24.6. The molecule has 0 saturated carbocycles. The molecule has 0 aromatic heterocycles. The first-order chi connectivity index (χ1) is 7.43. The van der Waals surface area contributed by atoms with Crippen molar-refractivity contribution < 1.29 is 14.3 Å². The Morgan fingerprint density at radius 3 is 2.31 bits per heavy atom. The minimum absolute atomic E-state index is 0.000231. The van der Waals surface area contributed by atoms with Crippen molar-refractivity contribution in [1.29, 1.82) is 0 Å². The largest absolute Gasteiger partial charge is 0.468 e. The van der Waals surface area contributed by atoms with E-state index in [9.17, 15) is 9.59 Å². The van der Waals surface area contributed by atoms with E-state index in [1.165, 1.54) is 12.0 Å². The van der Waals surface area contributed by atoms with Crippen molar-refractivity contribution in [2.75, 3.05) is 20.2 Å². The van der Waals surface area contributed by atoms with Crippen LogP contribution >= 0.6 is 0 Å². The summed E-state index contributed by atoms with van der Waals surface area (Å²) in [5.74, 6) is -0.780. The van der Waals surface area contributed by atoms with E-state index in [1.807, 2.05) is 6.92 Å². The Morgan fingerprint density at radius 1 is 1.38 bits per heavy atom. The van der Waals surface area contributed by atoms with E-state index in [4.69, 9.17) is 5.73 Å². The van der Waals surface area contributed by atoms with E-state index in [-0.39, 0.29) is 24.4 Å². The van der Waals surface area contributed by atoms with E-state index >= 15 is 0 Å². The fourth-order valence-corrected chi connectivity index (χ4v) is 1.27. The number of methoxy groups -OCH3 is 1. The second-order valence-electron chi connectivity index (χ2n) is 3.98. The summed E-state index contributed by atoms with van der Waals surface area (Å²) in [6, 6.07) is -0.218. The van der Waals surface area contributed by atoms with E-state index in [1.54, 1.807) is 13.8 Å². The minimum Gasteiger partial charge on any atom is -0.468 e. The molecule has 0 aliphatic rings. The third kappa shape index (κ3) is 4.61. The number of amides is 1. The molecular weight excluding hydrogens is 208 g/mol. The van der Waals surface area contributed by atoms with E-state index in [2.05, 4.69) is 4.74 Å². The van der Waals surface area contributed by atoms with Gasteiger partial charge in [-0.05, 0) is 13.3 Å². The minimum atomic E-state index is -0.404. The Labute approximate surface area is 96.9 Å². The monoisotopic (exact) mass is 230 g/mol. The zero-order valence-corrected chi connectivity index (χ0v) is 10.5. The van der Waals surface area contributed by atoms with Crippen molar-refractivity contribution >= 4 is 11.9 Å². The molecular formula is C11H22N2O3. The van der Waals surface area contributed by atoms with Gasteiger partial charge in [-0.1, -0.05) is 13.8 Å². The Hall–Kier alpha value is -1.10. The van der Waals surface area contributed by atoms with Crippen LogP contribution < -0.4 is 5.73 Å². The Morgan fingerprint density at radius 2 is 1.94 bits per heavy atom. The highest BCUT2D eigenvalue weighted by atomic mass is 16.5. The van der Waals surface area contributed by atoms with Crippen LogP contribution in [0.5, 0.6) is 0 Å². The van der Waals surface area contributed by atoms with Gasteiger partial charge in [0.05, 0.1) is 13.0 Å². The Kier molecular flexibility index (Phi) is 6.72. The molecule has 0 bridgehead atoms. The average molecular weight is 230 g/mol. The predicted molar refractivity (Wildman–Crippen MR) is 61.7 cm³/mol. The third-order valence-electron chi connectivity index (χ3n) is 2.53. The summed E-state index contributed by atoms with van der Waals surface area (Å²) in [5, 5.41) is 0. The van der Waals surface area contributed by atoms with Gasteiger partial charge in [-0.2, -0.15) is 0 Å². The van der Waals surface area contributed by atoms with Crippen LogP contribution in [0.2, 0.25) is 0 Å². The molecule has 1 amide bonds. The summed E-state index contributed by atoms with van der Waals surface area (Å²) in [6.45, 7) is 6.05. The van der Waals surface area contributed by atoms with Gasteiger partial charge < -0.3 is 15.4 Å². The quantitative estimate of drug-likeness (QED) is 0.670. The van der Waals surface area contributed by atoms with Gasteiger partial charge in [0.25, 0.3) is 0 Å². The van der Waals surface area contributed by atoms with Gasteiger partial charge >= 0.3 is 5.97 Å². The van der Waals surface area contributed by atoms with Crippen molar-refractivity contribution in [3.05, 3.63) is 0 Å². The van der Waals surface area contributed by atoms with Crippen LogP contribution in [0, 0.1) is 5.92 Å². The third-order valence-corrected chi connectivity index (χ3v) is 2.53. The lowest BCUT2D eigenvalue weighted by atomic mass is 10.0. The second kappa shape index (κ2) is 7.22. The highest BCUT2D eigenvalue weighted by molar-refractivity contribution is 5.83. The number of nitrogens with zero attached hydrogens (tertiary/aromatic N) is 1. The van der Waals surface area contributed by atoms with Gasteiger partial charge in [-0.25, -0.2) is 0 Å². The molecule has 94 valence electrons. The molecule has 2 atom stereocenters. The number of rotatable bonds is 6. The Balaban J connectivity index is 4.51. The van der Waals surface area contributed by atoms with Gasteiger partial charge in [0.1, 0.15) is 6.54 Å². The molecule has 0 rings (SSSR count). The predicted octanol–water partition coefficient (Wildman–Crippen LogP) is 0.381. The summed E-state index contributed by atoms with van der Waals surface area (Å²) < 4.78 is 4.55. The SMILES string of the molecule is CCCN(CC(=O)OC)C(=O)C(C)C(C)N. The van der Waals surface area contributed by atoms with Crippen LogP contribution in [0.4, 0.5) is 0 Å². The molecule has 0 saturated heterocycles. The molecule has 5 heteroatoms. The lowest BCUT2D eigenvalue weighted by Crippen LogP contribution is -2.44. The smallest absolute Gasteiger partial charge is 0.325 e. The van der Waals surface area contributed by atoms with Crippen molar-refractivity contribution in [2.24, 2.45) is 11.7 Å². The van der Waals surface area contributed by atoms with Crippen LogP contribution in [-0.4, -0.2) is 43.0 Å². The first-order valence-electron chi connectivity index (χ1n) is 5.55. The molecule has 2 unspecified atom stereocenters. The average Bonchev–Trinajstić information content (AvgIpc) is 2.26. The van der Waals surface area contributed by atoms with Crippen molar-refractivity contribution in [3.63, 3.8) is 0 Å². The van der Waals surface area contributed by atoms with Gasteiger partial charge in [-0.3, -0.25) is 9.59 Å². The number of esters is 1. The number of carbonyl (C=O) groups is 2. The standard InChI is InChI=1S/C11H22N2O3/c1-5-6-13(7-10(14)16-4)11(15)8(2)9(3)12/h8-9H,5-7,12H2,1-4H3. The highest BCUT2D eigenvalue weighted by Crippen LogP contribution is 2.07. The van der Waals surface area contributed by atoms with Crippen molar-refractivity contribution in [2.45, 2.75) is 33.2 Å². The molecule has 0 spiro atoms. The maximum atomic E-state index is 12.0. The molecule has 0 aliphatic carbocycles. The van der Waals surface area contributed by atoms with Crippen LogP contribution in [0.15, 0.2) is 0 Å². The number of ether oxygens (including phenoxy) is 1. The molecule has 0 aromatic rings. The molecule has 0 aliphatic heterocycles. The van der Waals surface area contributed by atoms with Gasteiger partial charge in [0, 0.05) is 12.6 Å². The van der Waals surface area contributed by atoms with Gasteiger partial charge in [0.15, 0.2) is 0 Å². The topological polar surface area (TPSA) is 72.6 Å². The highest BCUT2D eigenvalue weighted by Gasteiger charge is 2.24. The fourth-order valence-electron chi connectivity index (χ4n) is 1.27. The first-order valence-corrected chi connectivity index (χ1v) is 5.55. The summed E-state index contributed by atoms with van der Waals surface area (Å²) in [5.41, 5.74) is 5.67.